The lowest BCUT2D eigenvalue weighted by molar-refractivity contribution is -0.138. The molecular formula is C9H15FN2O2. The summed E-state index contributed by atoms with van der Waals surface area (Å²) in [6.45, 7) is 1.54. The summed E-state index contributed by atoms with van der Waals surface area (Å²) in [4.78, 5) is 12.9. The molecule has 2 aliphatic rings. The SMILES string of the molecule is O=C1[C@H](O)CCN1[C@H]1CCNC[C@@H]1F. The van der Waals surface area contributed by atoms with Gasteiger partial charge in [-0.25, -0.2) is 4.39 Å². The number of rotatable bonds is 1. The Labute approximate surface area is 82.1 Å². The van der Waals surface area contributed by atoms with Crippen LogP contribution in [0.2, 0.25) is 0 Å². The number of likely N-dealkylation sites (tertiary alicyclic amines) is 1. The molecule has 0 radical (unpaired) electrons. The fraction of sp³-hybridized carbons (Fsp3) is 0.889. The number of carbonyl (C=O) groups is 1. The number of nitrogens with zero attached hydrogens (tertiary/aromatic N) is 1. The van der Waals surface area contributed by atoms with Crippen LogP contribution < -0.4 is 5.32 Å². The fourth-order valence-electron chi connectivity index (χ4n) is 2.17. The van der Waals surface area contributed by atoms with Gasteiger partial charge in [-0.2, -0.15) is 0 Å². The molecule has 0 aliphatic carbocycles. The Kier molecular flexibility index (Phi) is 2.69. The first kappa shape index (κ1) is 9.86. The molecule has 2 saturated heterocycles. The van der Waals surface area contributed by atoms with E-state index in [4.69, 9.17) is 0 Å². The minimum atomic E-state index is -1.00. The molecule has 4 nitrogen and oxygen atoms in total. The Morgan fingerprint density at radius 2 is 2.29 bits per heavy atom. The van der Waals surface area contributed by atoms with Crippen molar-refractivity contribution >= 4 is 5.91 Å². The number of alkyl halides is 1. The Hall–Kier alpha value is -0.680. The Balaban J connectivity index is 2.03. The van der Waals surface area contributed by atoms with Crippen LogP contribution in [0.4, 0.5) is 4.39 Å². The Bertz CT molecular complexity index is 237. The van der Waals surface area contributed by atoms with Gasteiger partial charge in [0.25, 0.3) is 5.91 Å². The van der Waals surface area contributed by atoms with Gasteiger partial charge in [-0.15, -0.1) is 0 Å². The van der Waals surface area contributed by atoms with Crippen LogP contribution in [0.5, 0.6) is 0 Å². The molecule has 0 saturated carbocycles. The van der Waals surface area contributed by atoms with E-state index in [0.29, 0.717) is 25.9 Å². The van der Waals surface area contributed by atoms with E-state index in [1.165, 1.54) is 4.90 Å². The number of aliphatic hydroxyl groups excluding tert-OH is 1. The smallest absolute Gasteiger partial charge is 0.251 e. The molecule has 0 spiro atoms. The van der Waals surface area contributed by atoms with Crippen molar-refractivity contribution in [1.82, 2.24) is 10.2 Å². The summed E-state index contributed by atoms with van der Waals surface area (Å²) in [7, 11) is 0. The molecule has 2 fully saturated rings. The van der Waals surface area contributed by atoms with Gasteiger partial charge >= 0.3 is 0 Å². The fourth-order valence-corrected chi connectivity index (χ4v) is 2.17. The third kappa shape index (κ3) is 1.62. The van der Waals surface area contributed by atoms with Crippen molar-refractivity contribution in [2.24, 2.45) is 0 Å². The third-order valence-corrected chi connectivity index (χ3v) is 2.99. The van der Waals surface area contributed by atoms with Crippen LogP contribution in [0.25, 0.3) is 0 Å². The van der Waals surface area contributed by atoms with E-state index in [9.17, 15) is 14.3 Å². The second-order valence-corrected chi connectivity index (χ2v) is 3.91. The molecule has 0 aromatic heterocycles. The van der Waals surface area contributed by atoms with Gasteiger partial charge in [0.1, 0.15) is 12.3 Å². The molecule has 80 valence electrons. The molecule has 0 bridgehead atoms. The highest BCUT2D eigenvalue weighted by atomic mass is 19.1. The maximum absolute atomic E-state index is 13.5. The van der Waals surface area contributed by atoms with E-state index >= 15 is 0 Å². The van der Waals surface area contributed by atoms with Crippen LogP contribution in [-0.4, -0.2) is 53.9 Å². The van der Waals surface area contributed by atoms with Crippen molar-refractivity contribution in [1.29, 1.82) is 0 Å². The topological polar surface area (TPSA) is 52.6 Å². The number of hydrogen-bond donors (Lipinski definition) is 2. The molecule has 0 aromatic rings. The second kappa shape index (κ2) is 3.82. The molecule has 0 unspecified atom stereocenters. The first-order valence-electron chi connectivity index (χ1n) is 5.03. The summed E-state index contributed by atoms with van der Waals surface area (Å²) in [6.07, 6.45) is -0.829. The number of halogens is 1. The van der Waals surface area contributed by atoms with E-state index in [2.05, 4.69) is 5.32 Å². The lowest BCUT2D eigenvalue weighted by Crippen LogP contribution is -2.52. The first-order chi connectivity index (χ1) is 6.70. The van der Waals surface area contributed by atoms with E-state index in [1.807, 2.05) is 0 Å². The zero-order valence-electron chi connectivity index (χ0n) is 7.95. The third-order valence-electron chi connectivity index (χ3n) is 2.99. The first-order valence-corrected chi connectivity index (χ1v) is 5.03. The van der Waals surface area contributed by atoms with E-state index < -0.39 is 12.3 Å². The van der Waals surface area contributed by atoms with Gasteiger partial charge in [-0.05, 0) is 19.4 Å². The molecule has 3 atom stereocenters. The maximum Gasteiger partial charge on any atom is 0.251 e. The van der Waals surface area contributed by atoms with Crippen molar-refractivity contribution < 1.29 is 14.3 Å². The standard InChI is InChI=1S/C9H15FN2O2/c10-6-5-11-3-1-7(6)12-4-2-8(13)9(12)14/h6-8,11,13H,1-5H2/t6-,7-,8+/m0/s1. The lowest BCUT2D eigenvalue weighted by atomic mass is 10.0. The summed E-state index contributed by atoms with van der Waals surface area (Å²) in [6, 6.07) is -0.332. The average molecular weight is 202 g/mol. The van der Waals surface area contributed by atoms with Crippen LogP contribution in [0, 0.1) is 0 Å². The number of aliphatic hydroxyl groups is 1. The quantitative estimate of drug-likeness (QED) is 0.590. The molecule has 1 amide bonds. The lowest BCUT2D eigenvalue weighted by Gasteiger charge is -2.34. The molecule has 2 aliphatic heterocycles. The van der Waals surface area contributed by atoms with Crippen molar-refractivity contribution in [3.8, 4) is 0 Å². The second-order valence-electron chi connectivity index (χ2n) is 3.91. The summed E-state index contributed by atoms with van der Waals surface area (Å²) >= 11 is 0. The minimum Gasteiger partial charge on any atom is -0.383 e. The highest BCUT2D eigenvalue weighted by Gasteiger charge is 2.39. The molecule has 5 heteroatoms. The maximum atomic E-state index is 13.5. The van der Waals surface area contributed by atoms with Crippen LogP contribution in [-0.2, 0) is 4.79 Å². The molecule has 0 aromatic carbocycles. The highest BCUT2D eigenvalue weighted by Crippen LogP contribution is 2.21. The van der Waals surface area contributed by atoms with Gasteiger partial charge in [0.15, 0.2) is 0 Å². The summed E-state index contributed by atoms with van der Waals surface area (Å²) in [5, 5.41) is 12.2. The summed E-state index contributed by atoms with van der Waals surface area (Å²) in [5.74, 6) is -0.306. The van der Waals surface area contributed by atoms with Gasteiger partial charge < -0.3 is 15.3 Å². The van der Waals surface area contributed by atoms with Crippen LogP contribution in [0.3, 0.4) is 0 Å². The number of amides is 1. The molecular weight excluding hydrogens is 187 g/mol. The van der Waals surface area contributed by atoms with Gasteiger partial charge in [-0.1, -0.05) is 0 Å². The van der Waals surface area contributed by atoms with Crippen molar-refractivity contribution in [3.05, 3.63) is 0 Å². The van der Waals surface area contributed by atoms with Crippen LogP contribution >= 0.6 is 0 Å². The number of piperidine rings is 1. The average Bonchev–Trinajstić information content (AvgIpc) is 2.49. The summed E-state index contributed by atoms with van der Waals surface area (Å²) in [5.41, 5.74) is 0. The predicted molar refractivity (Wildman–Crippen MR) is 48.5 cm³/mol. The van der Waals surface area contributed by atoms with Gasteiger partial charge in [-0.3, -0.25) is 4.79 Å². The van der Waals surface area contributed by atoms with Crippen molar-refractivity contribution in [2.75, 3.05) is 19.6 Å². The van der Waals surface area contributed by atoms with Crippen molar-refractivity contribution in [2.45, 2.75) is 31.2 Å². The number of carbonyl (C=O) groups excluding carboxylic acids is 1. The molecule has 2 N–H and O–H groups in total. The largest absolute Gasteiger partial charge is 0.383 e. The normalized spacial score (nSPS) is 39.1. The van der Waals surface area contributed by atoms with E-state index in [1.54, 1.807) is 0 Å². The molecule has 2 heterocycles. The number of nitrogens with one attached hydrogen (secondary N) is 1. The zero-order chi connectivity index (χ0) is 10.1. The minimum absolute atomic E-state index is 0.306. The van der Waals surface area contributed by atoms with Gasteiger partial charge in [0.2, 0.25) is 0 Å². The van der Waals surface area contributed by atoms with E-state index in [-0.39, 0.29) is 11.9 Å². The number of hydrogen-bond acceptors (Lipinski definition) is 3. The van der Waals surface area contributed by atoms with Gasteiger partial charge in [0, 0.05) is 13.1 Å². The van der Waals surface area contributed by atoms with Crippen LogP contribution in [0.1, 0.15) is 12.8 Å². The predicted octanol–water partition coefficient (Wildman–Crippen LogP) is -0.720. The molecule has 2 rings (SSSR count). The zero-order valence-corrected chi connectivity index (χ0v) is 7.95. The highest BCUT2D eigenvalue weighted by molar-refractivity contribution is 5.83. The van der Waals surface area contributed by atoms with Crippen LogP contribution in [0.15, 0.2) is 0 Å². The van der Waals surface area contributed by atoms with Gasteiger partial charge in [0.05, 0.1) is 6.04 Å². The monoisotopic (exact) mass is 202 g/mol. The van der Waals surface area contributed by atoms with Crippen molar-refractivity contribution in [3.63, 3.8) is 0 Å². The Morgan fingerprint density at radius 1 is 1.50 bits per heavy atom. The van der Waals surface area contributed by atoms with E-state index in [0.717, 1.165) is 6.54 Å². The summed E-state index contributed by atoms with van der Waals surface area (Å²) < 4.78 is 13.5. The Morgan fingerprint density at radius 3 is 2.86 bits per heavy atom. The molecule has 14 heavy (non-hydrogen) atoms.